The molecular weight excluding hydrogens is 252 g/mol. The van der Waals surface area contributed by atoms with Gasteiger partial charge < -0.3 is 14.5 Å². The molecule has 1 aromatic carbocycles. The summed E-state index contributed by atoms with van der Waals surface area (Å²) >= 11 is 0. The van der Waals surface area contributed by atoms with Crippen molar-refractivity contribution in [3.8, 4) is 6.08 Å². The number of hydrogen-bond donors (Lipinski definition) is 1. The summed E-state index contributed by atoms with van der Waals surface area (Å²) in [6.07, 6.45) is 8.47. The third-order valence-corrected chi connectivity index (χ3v) is 3.09. The highest BCUT2D eigenvalue weighted by Gasteiger charge is 2.20. The minimum atomic E-state index is 0.329. The van der Waals surface area contributed by atoms with Crippen molar-refractivity contribution < 1.29 is 9.15 Å². The topological polar surface area (TPSA) is 47.3 Å². The van der Waals surface area contributed by atoms with Crippen LogP contribution in [0.5, 0.6) is 6.08 Å². The minimum Gasteiger partial charge on any atom is -0.446 e. The van der Waals surface area contributed by atoms with Gasteiger partial charge in [0.2, 0.25) is 0 Å². The molecular formula is C16H18N2O2. The molecule has 4 heteroatoms. The van der Waals surface area contributed by atoms with E-state index in [1.165, 1.54) is 12.8 Å². The van der Waals surface area contributed by atoms with Crippen LogP contribution in [0.25, 0.3) is 6.08 Å². The van der Waals surface area contributed by atoms with Crippen molar-refractivity contribution in [3.05, 3.63) is 53.9 Å². The monoisotopic (exact) mass is 270 g/mol. The maximum atomic E-state index is 5.44. The van der Waals surface area contributed by atoms with Crippen LogP contribution in [-0.4, -0.2) is 17.6 Å². The predicted molar refractivity (Wildman–Crippen MR) is 77.3 cm³/mol. The van der Waals surface area contributed by atoms with Crippen molar-refractivity contribution in [2.45, 2.75) is 25.4 Å². The highest BCUT2D eigenvalue weighted by Crippen LogP contribution is 2.19. The second kappa shape index (κ2) is 6.39. The first-order valence-electron chi connectivity index (χ1n) is 6.92. The van der Waals surface area contributed by atoms with E-state index in [-0.39, 0.29) is 0 Å². The third kappa shape index (κ3) is 3.96. The van der Waals surface area contributed by atoms with Gasteiger partial charge in [-0.3, -0.25) is 0 Å². The number of hydrogen-bond acceptors (Lipinski definition) is 4. The number of ether oxygens (including phenoxy) is 1. The fourth-order valence-electron chi connectivity index (χ4n) is 1.84. The van der Waals surface area contributed by atoms with Gasteiger partial charge in [-0.1, -0.05) is 36.4 Å². The Kier molecular flexibility index (Phi) is 4.13. The number of nitrogens with zero attached hydrogens (tertiary/aromatic N) is 1. The van der Waals surface area contributed by atoms with Crippen molar-refractivity contribution in [2.75, 3.05) is 6.61 Å². The molecule has 0 unspecified atom stereocenters. The van der Waals surface area contributed by atoms with Gasteiger partial charge in [-0.05, 0) is 24.5 Å². The maximum Gasteiger partial charge on any atom is 0.394 e. The lowest BCUT2D eigenvalue weighted by Crippen LogP contribution is -2.15. The summed E-state index contributed by atoms with van der Waals surface area (Å²) in [5.41, 5.74) is 2.04. The normalized spacial score (nSPS) is 14.8. The SMILES string of the molecule is C(=C\c1ccccc1)/COc1nc(CNC2CC2)co1. The molecule has 0 amide bonds. The summed E-state index contributed by atoms with van der Waals surface area (Å²) in [5, 5.41) is 3.38. The zero-order valence-corrected chi connectivity index (χ0v) is 11.3. The van der Waals surface area contributed by atoms with E-state index in [9.17, 15) is 0 Å². The van der Waals surface area contributed by atoms with Crippen LogP contribution in [0.3, 0.4) is 0 Å². The molecule has 2 aromatic rings. The van der Waals surface area contributed by atoms with Crippen molar-refractivity contribution in [2.24, 2.45) is 0 Å². The molecule has 1 fully saturated rings. The molecule has 1 saturated carbocycles. The van der Waals surface area contributed by atoms with Gasteiger partial charge in [0.1, 0.15) is 12.9 Å². The molecule has 0 radical (unpaired) electrons. The van der Waals surface area contributed by atoms with Gasteiger partial charge in [-0.25, -0.2) is 0 Å². The number of aromatic nitrogens is 1. The zero-order valence-electron chi connectivity index (χ0n) is 11.3. The standard InChI is InChI=1S/C16H18N2O2/c1-2-5-13(6-3-1)7-4-10-19-16-18-15(12-20-16)11-17-14-8-9-14/h1-7,12,14,17H,8-11H2/b7-4+. The summed E-state index contributed by atoms with van der Waals surface area (Å²) in [5.74, 6) is 0. The maximum absolute atomic E-state index is 5.44. The smallest absolute Gasteiger partial charge is 0.394 e. The highest BCUT2D eigenvalue weighted by atomic mass is 16.6. The Morgan fingerprint density at radius 1 is 1.30 bits per heavy atom. The van der Waals surface area contributed by atoms with Crippen molar-refractivity contribution >= 4 is 6.08 Å². The summed E-state index contributed by atoms with van der Waals surface area (Å²) < 4.78 is 10.7. The van der Waals surface area contributed by atoms with Crippen LogP contribution in [0.1, 0.15) is 24.1 Å². The fourth-order valence-corrected chi connectivity index (χ4v) is 1.84. The number of nitrogens with one attached hydrogen (secondary N) is 1. The first kappa shape index (κ1) is 12.9. The lowest BCUT2D eigenvalue weighted by molar-refractivity contribution is 0.259. The van der Waals surface area contributed by atoms with E-state index < -0.39 is 0 Å². The van der Waals surface area contributed by atoms with E-state index in [0.29, 0.717) is 18.7 Å². The molecule has 1 aliphatic carbocycles. The quantitative estimate of drug-likeness (QED) is 0.840. The lowest BCUT2D eigenvalue weighted by atomic mass is 10.2. The van der Waals surface area contributed by atoms with E-state index >= 15 is 0 Å². The van der Waals surface area contributed by atoms with Gasteiger partial charge in [0.25, 0.3) is 0 Å². The Labute approximate surface area is 118 Å². The van der Waals surface area contributed by atoms with Gasteiger partial charge in [-0.2, -0.15) is 4.98 Å². The molecule has 0 aliphatic heterocycles. The molecule has 20 heavy (non-hydrogen) atoms. The molecule has 0 atom stereocenters. The van der Waals surface area contributed by atoms with Crippen LogP contribution in [0.4, 0.5) is 0 Å². The largest absolute Gasteiger partial charge is 0.446 e. The second-order valence-corrected chi connectivity index (χ2v) is 4.88. The van der Waals surface area contributed by atoms with Crippen LogP contribution in [0.2, 0.25) is 0 Å². The second-order valence-electron chi connectivity index (χ2n) is 4.88. The van der Waals surface area contributed by atoms with E-state index in [1.54, 1.807) is 6.26 Å². The zero-order chi connectivity index (χ0) is 13.6. The lowest BCUT2D eigenvalue weighted by Gasteiger charge is -1.97. The molecule has 1 aromatic heterocycles. The summed E-state index contributed by atoms with van der Waals surface area (Å²) in [6, 6.07) is 10.8. The summed E-state index contributed by atoms with van der Waals surface area (Å²) in [4.78, 5) is 4.27. The number of rotatable bonds is 7. The van der Waals surface area contributed by atoms with Crippen LogP contribution in [0.15, 0.2) is 47.1 Å². The average molecular weight is 270 g/mol. The van der Waals surface area contributed by atoms with Gasteiger partial charge in [-0.15, -0.1) is 0 Å². The average Bonchev–Trinajstić information content (AvgIpc) is 3.21. The van der Waals surface area contributed by atoms with Gasteiger partial charge in [0.15, 0.2) is 0 Å². The summed E-state index contributed by atoms with van der Waals surface area (Å²) in [6.45, 7) is 1.20. The Balaban J connectivity index is 1.42. The van der Waals surface area contributed by atoms with Crippen LogP contribution in [-0.2, 0) is 6.54 Å². The van der Waals surface area contributed by atoms with E-state index in [2.05, 4.69) is 10.3 Å². The first-order chi connectivity index (χ1) is 9.90. The van der Waals surface area contributed by atoms with Gasteiger partial charge >= 0.3 is 6.08 Å². The van der Waals surface area contributed by atoms with Gasteiger partial charge in [0.05, 0.1) is 5.69 Å². The van der Waals surface area contributed by atoms with Crippen LogP contribution < -0.4 is 10.1 Å². The Hall–Kier alpha value is -2.07. The molecule has 0 spiro atoms. The molecule has 1 N–H and O–H groups in total. The Bertz CT molecular complexity index is 559. The number of benzene rings is 1. The molecule has 104 valence electrons. The van der Waals surface area contributed by atoms with Crippen LogP contribution in [0, 0.1) is 0 Å². The minimum absolute atomic E-state index is 0.329. The van der Waals surface area contributed by atoms with E-state index in [4.69, 9.17) is 9.15 Å². The highest BCUT2D eigenvalue weighted by molar-refractivity contribution is 5.48. The van der Waals surface area contributed by atoms with Crippen molar-refractivity contribution in [1.82, 2.24) is 10.3 Å². The van der Waals surface area contributed by atoms with Crippen LogP contribution >= 0.6 is 0 Å². The predicted octanol–water partition coefficient (Wildman–Crippen LogP) is 3.02. The van der Waals surface area contributed by atoms with E-state index in [0.717, 1.165) is 17.8 Å². The molecule has 1 heterocycles. The van der Waals surface area contributed by atoms with Crippen molar-refractivity contribution in [3.63, 3.8) is 0 Å². The third-order valence-electron chi connectivity index (χ3n) is 3.09. The Morgan fingerprint density at radius 3 is 2.95 bits per heavy atom. The fraction of sp³-hybridized carbons (Fsp3) is 0.312. The molecule has 0 saturated heterocycles. The number of oxazole rings is 1. The molecule has 3 rings (SSSR count). The van der Waals surface area contributed by atoms with Crippen molar-refractivity contribution in [1.29, 1.82) is 0 Å². The van der Waals surface area contributed by atoms with Gasteiger partial charge in [0, 0.05) is 12.6 Å². The molecule has 4 nitrogen and oxygen atoms in total. The first-order valence-corrected chi connectivity index (χ1v) is 6.92. The molecule has 1 aliphatic rings. The Morgan fingerprint density at radius 2 is 2.15 bits per heavy atom. The van der Waals surface area contributed by atoms with E-state index in [1.807, 2.05) is 42.5 Å². The molecule has 0 bridgehead atoms. The summed E-state index contributed by atoms with van der Waals surface area (Å²) in [7, 11) is 0.